The van der Waals surface area contributed by atoms with Crippen LogP contribution < -0.4 is 16.0 Å². The van der Waals surface area contributed by atoms with Crippen molar-refractivity contribution in [1.29, 1.82) is 0 Å². The van der Waals surface area contributed by atoms with E-state index in [4.69, 9.17) is 0 Å². The van der Waals surface area contributed by atoms with Gasteiger partial charge >= 0.3 is 0 Å². The number of amides is 1. The molecule has 0 spiro atoms. The maximum atomic E-state index is 11.7. The predicted molar refractivity (Wildman–Crippen MR) is 105 cm³/mol. The van der Waals surface area contributed by atoms with E-state index in [9.17, 15) is 4.79 Å². The molecule has 0 aliphatic carbocycles. The summed E-state index contributed by atoms with van der Waals surface area (Å²) in [6, 6.07) is 4.71. The van der Waals surface area contributed by atoms with Crippen LogP contribution in [-0.4, -0.2) is 56.5 Å². The van der Waals surface area contributed by atoms with Crippen LogP contribution >= 0.6 is 11.3 Å². The van der Waals surface area contributed by atoms with Crippen molar-refractivity contribution in [3.63, 3.8) is 0 Å². The van der Waals surface area contributed by atoms with Crippen molar-refractivity contribution in [1.82, 2.24) is 20.9 Å². The van der Waals surface area contributed by atoms with Crippen molar-refractivity contribution < 1.29 is 4.79 Å². The lowest BCUT2D eigenvalue weighted by atomic mass is 10.2. The average Bonchev–Trinajstić information content (AvgIpc) is 3.33. The van der Waals surface area contributed by atoms with Crippen molar-refractivity contribution in [2.75, 3.05) is 39.8 Å². The molecule has 1 fully saturated rings. The van der Waals surface area contributed by atoms with Gasteiger partial charge in [-0.3, -0.25) is 14.7 Å². The Morgan fingerprint density at radius 1 is 1.28 bits per heavy atom. The average molecular weight is 366 g/mol. The van der Waals surface area contributed by atoms with Crippen LogP contribution in [0.3, 0.4) is 0 Å². The molecule has 6 nitrogen and oxygen atoms in total. The van der Waals surface area contributed by atoms with E-state index in [1.54, 1.807) is 7.05 Å². The van der Waals surface area contributed by atoms with E-state index in [0.29, 0.717) is 19.0 Å². The topological polar surface area (TPSA) is 68.8 Å². The van der Waals surface area contributed by atoms with E-state index in [1.807, 2.05) is 11.3 Å². The Hall–Kier alpha value is -1.60. The van der Waals surface area contributed by atoms with Crippen molar-refractivity contribution in [3.05, 3.63) is 22.4 Å². The SMILES string of the molecule is CCCNC(=O)CCNC(=NC)NCC(c1cccs1)N1CCCC1. The summed E-state index contributed by atoms with van der Waals surface area (Å²) in [6.45, 7) is 6.52. The molecule has 1 atom stereocenters. The number of nitrogens with zero attached hydrogens (tertiary/aromatic N) is 2. The summed E-state index contributed by atoms with van der Waals surface area (Å²) < 4.78 is 0. The number of nitrogens with one attached hydrogen (secondary N) is 3. The highest BCUT2D eigenvalue weighted by atomic mass is 32.1. The smallest absolute Gasteiger partial charge is 0.221 e. The lowest BCUT2D eigenvalue weighted by Crippen LogP contribution is -2.43. The summed E-state index contributed by atoms with van der Waals surface area (Å²) >= 11 is 1.81. The molecular weight excluding hydrogens is 334 g/mol. The summed E-state index contributed by atoms with van der Waals surface area (Å²) in [5.41, 5.74) is 0. The number of carbonyl (C=O) groups is 1. The second-order valence-corrected chi connectivity index (χ2v) is 7.23. The maximum Gasteiger partial charge on any atom is 0.221 e. The van der Waals surface area contributed by atoms with Crippen LogP contribution in [0, 0.1) is 0 Å². The standard InChI is InChI=1S/C18H31N5OS/c1-3-9-20-17(24)8-10-21-18(19-2)22-14-15(16-7-6-13-25-16)23-11-4-5-12-23/h6-7,13,15H,3-5,8-12,14H2,1-2H3,(H,20,24)(H2,19,21,22). The first-order chi connectivity index (χ1) is 12.2. The van der Waals surface area contributed by atoms with Crippen LogP contribution in [0.25, 0.3) is 0 Å². The normalized spacial score (nSPS) is 16.6. The zero-order chi connectivity index (χ0) is 17.9. The molecule has 1 aromatic heterocycles. The van der Waals surface area contributed by atoms with E-state index in [2.05, 4.69) is 50.3 Å². The molecule has 1 aliphatic rings. The first-order valence-corrected chi connectivity index (χ1v) is 10.1. The van der Waals surface area contributed by atoms with Gasteiger partial charge in [0.25, 0.3) is 0 Å². The largest absolute Gasteiger partial charge is 0.356 e. The molecule has 1 unspecified atom stereocenters. The molecule has 0 aromatic carbocycles. The molecule has 7 heteroatoms. The van der Waals surface area contributed by atoms with Gasteiger partial charge in [0.15, 0.2) is 5.96 Å². The molecule has 2 heterocycles. The minimum atomic E-state index is 0.0818. The molecule has 0 saturated carbocycles. The summed E-state index contributed by atoms with van der Waals surface area (Å²) in [5.74, 6) is 0.836. The molecule has 1 aromatic rings. The van der Waals surface area contributed by atoms with Crippen LogP contribution in [0.15, 0.2) is 22.5 Å². The Morgan fingerprint density at radius 2 is 2.08 bits per heavy atom. The lowest BCUT2D eigenvalue weighted by molar-refractivity contribution is -0.120. The third-order valence-electron chi connectivity index (χ3n) is 4.36. The van der Waals surface area contributed by atoms with Gasteiger partial charge in [-0.2, -0.15) is 0 Å². The fourth-order valence-corrected chi connectivity index (χ4v) is 3.87. The van der Waals surface area contributed by atoms with Crippen LogP contribution in [0.1, 0.15) is 43.5 Å². The van der Waals surface area contributed by atoms with Crippen LogP contribution in [0.5, 0.6) is 0 Å². The van der Waals surface area contributed by atoms with E-state index in [0.717, 1.165) is 38.6 Å². The summed E-state index contributed by atoms with van der Waals surface area (Å²) in [7, 11) is 1.77. The van der Waals surface area contributed by atoms with Crippen molar-refractivity contribution in [2.45, 2.75) is 38.6 Å². The number of likely N-dealkylation sites (tertiary alicyclic amines) is 1. The second-order valence-electron chi connectivity index (χ2n) is 6.25. The monoisotopic (exact) mass is 365 g/mol. The Balaban J connectivity index is 1.78. The molecule has 140 valence electrons. The van der Waals surface area contributed by atoms with Gasteiger partial charge < -0.3 is 16.0 Å². The highest BCUT2D eigenvalue weighted by molar-refractivity contribution is 7.10. The maximum absolute atomic E-state index is 11.7. The summed E-state index contributed by atoms with van der Waals surface area (Å²) in [6.07, 6.45) is 3.98. The van der Waals surface area contributed by atoms with E-state index in [-0.39, 0.29) is 5.91 Å². The van der Waals surface area contributed by atoms with E-state index < -0.39 is 0 Å². The first kappa shape index (κ1) is 19.7. The number of rotatable bonds is 9. The van der Waals surface area contributed by atoms with Crippen molar-refractivity contribution >= 4 is 23.2 Å². The number of aliphatic imine (C=N–C) groups is 1. The van der Waals surface area contributed by atoms with Crippen LogP contribution in [0.4, 0.5) is 0 Å². The van der Waals surface area contributed by atoms with Gasteiger partial charge in [0.2, 0.25) is 5.91 Å². The molecule has 0 bridgehead atoms. The molecule has 2 rings (SSSR count). The zero-order valence-electron chi connectivity index (χ0n) is 15.4. The summed E-state index contributed by atoms with van der Waals surface area (Å²) in [5, 5.41) is 11.7. The highest BCUT2D eigenvalue weighted by Gasteiger charge is 2.24. The minimum Gasteiger partial charge on any atom is -0.356 e. The van der Waals surface area contributed by atoms with Gasteiger partial charge in [-0.1, -0.05) is 13.0 Å². The van der Waals surface area contributed by atoms with Crippen LogP contribution in [0.2, 0.25) is 0 Å². The molecule has 25 heavy (non-hydrogen) atoms. The quantitative estimate of drug-likeness (QED) is 0.462. The lowest BCUT2D eigenvalue weighted by Gasteiger charge is -2.27. The molecule has 0 radical (unpaired) electrons. The van der Waals surface area contributed by atoms with Gasteiger partial charge in [-0.15, -0.1) is 11.3 Å². The van der Waals surface area contributed by atoms with Gasteiger partial charge in [0.05, 0.1) is 6.04 Å². The molecule has 1 saturated heterocycles. The second kappa shape index (κ2) is 11.1. The highest BCUT2D eigenvalue weighted by Crippen LogP contribution is 2.27. The minimum absolute atomic E-state index is 0.0818. The third-order valence-corrected chi connectivity index (χ3v) is 5.33. The zero-order valence-corrected chi connectivity index (χ0v) is 16.2. The molecule has 3 N–H and O–H groups in total. The Labute approximate surface area is 155 Å². The van der Waals surface area contributed by atoms with E-state index >= 15 is 0 Å². The Kier molecular flexibility index (Phi) is 8.76. The van der Waals surface area contributed by atoms with Gasteiger partial charge in [-0.25, -0.2) is 0 Å². The summed E-state index contributed by atoms with van der Waals surface area (Å²) in [4.78, 5) is 19.9. The molecule has 1 aliphatic heterocycles. The number of guanidine groups is 1. The number of hydrogen-bond acceptors (Lipinski definition) is 4. The fourth-order valence-electron chi connectivity index (χ4n) is 3.00. The number of carbonyl (C=O) groups excluding carboxylic acids is 1. The number of thiophene rings is 1. The molecule has 1 amide bonds. The Bertz CT molecular complexity index is 526. The predicted octanol–water partition coefficient (Wildman–Crippen LogP) is 1.97. The first-order valence-electron chi connectivity index (χ1n) is 9.23. The van der Waals surface area contributed by atoms with Crippen molar-refractivity contribution in [2.24, 2.45) is 4.99 Å². The van der Waals surface area contributed by atoms with E-state index in [1.165, 1.54) is 17.7 Å². The third kappa shape index (κ3) is 6.66. The van der Waals surface area contributed by atoms with Crippen molar-refractivity contribution in [3.8, 4) is 0 Å². The Morgan fingerprint density at radius 3 is 2.72 bits per heavy atom. The molecular formula is C18H31N5OS. The number of hydrogen-bond donors (Lipinski definition) is 3. The van der Waals surface area contributed by atoms with Gasteiger partial charge in [-0.05, 0) is 43.8 Å². The van der Waals surface area contributed by atoms with Gasteiger partial charge in [0.1, 0.15) is 0 Å². The van der Waals surface area contributed by atoms with Gasteiger partial charge in [0, 0.05) is 38.0 Å². The fraction of sp³-hybridized carbons (Fsp3) is 0.667. The van der Waals surface area contributed by atoms with Crippen LogP contribution in [-0.2, 0) is 4.79 Å².